The molecule has 1 atom stereocenters. The molecule has 3 aliphatic heterocycles. The van der Waals surface area contributed by atoms with Gasteiger partial charge in [0.2, 0.25) is 6.79 Å². The summed E-state index contributed by atoms with van der Waals surface area (Å²) in [5.74, 6) is 1.29. The molecule has 5 rings (SSSR count). The van der Waals surface area contributed by atoms with Gasteiger partial charge in [-0.15, -0.1) is 0 Å². The van der Waals surface area contributed by atoms with Crippen molar-refractivity contribution in [2.24, 2.45) is 0 Å². The summed E-state index contributed by atoms with van der Waals surface area (Å²) in [6.07, 6.45) is 3.32. The topological polar surface area (TPSA) is 59.0 Å². The number of allylic oxidation sites excluding steroid dienone is 1. The van der Waals surface area contributed by atoms with Crippen LogP contribution in [0.1, 0.15) is 30.4 Å². The molecule has 0 bridgehead atoms. The molecule has 1 fully saturated rings. The first-order valence-electron chi connectivity index (χ1n) is 7.84. The number of fused-ring (bicyclic) bond motifs is 3. The van der Waals surface area contributed by atoms with E-state index >= 15 is 0 Å². The average Bonchev–Trinajstić information content (AvgIpc) is 3.15. The van der Waals surface area contributed by atoms with Crippen molar-refractivity contribution in [2.45, 2.75) is 31.2 Å². The van der Waals surface area contributed by atoms with Crippen LogP contribution in [0.25, 0.3) is 5.57 Å². The van der Waals surface area contributed by atoms with Crippen LogP contribution in [0.2, 0.25) is 0 Å². The maximum absolute atomic E-state index is 12.2. The molecule has 1 aliphatic carbocycles. The van der Waals surface area contributed by atoms with Crippen LogP contribution in [0.4, 0.5) is 0 Å². The number of rotatable bonds is 0. The van der Waals surface area contributed by atoms with Crippen LogP contribution < -0.4 is 9.47 Å². The monoisotopic (exact) mass is 299 g/mol. The summed E-state index contributed by atoms with van der Waals surface area (Å²) >= 11 is 0. The van der Waals surface area contributed by atoms with Crippen LogP contribution in [0, 0.1) is 0 Å². The number of carbonyl (C=O) groups excluding carboxylic acids is 1. The van der Waals surface area contributed by atoms with Crippen molar-refractivity contribution in [1.29, 1.82) is 0 Å². The number of carbonyl (C=O) groups is 1. The van der Waals surface area contributed by atoms with Gasteiger partial charge in [0.1, 0.15) is 0 Å². The average molecular weight is 299 g/mol. The van der Waals surface area contributed by atoms with E-state index in [2.05, 4.69) is 4.90 Å². The number of aliphatic hydroxyl groups is 1. The Morgan fingerprint density at radius 2 is 2.00 bits per heavy atom. The van der Waals surface area contributed by atoms with E-state index in [1.54, 1.807) is 0 Å². The van der Waals surface area contributed by atoms with Crippen molar-refractivity contribution in [3.8, 4) is 11.5 Å². The van der Waals surface area contributed by atoms with E-state index in [-0.39, 0.29) is 23.9 Å². The second kappa shape index (κ2) is 4.04. The lowest BCUT2D eigenvalue weighted by Gasteiger charge is -2.35. The maximum atomic E-state index is 12.2. The Bertz CT molecular complexity index is 738. The van der Waals surface area contributed by atoms with Gasteiger partial charge in [-0.3, -0.25) is 9.69 Å². The number of benzene rings is 1. The SMILES string of the molecule is O=C1C[C@]23CCCN2CCc2cc4c(cc2C3=C1O)OCO4. The smallest absolute Gasteiger partial charge is 0.231 e. The zero-order valence-electron chi connectivity index (χ0n) is 12.2. The molecule has 114 valence electrons. The molecule has 0 saturated carbocycles. The van der Waals surface area contributed by atoms with Crippen molar-refractivity contribution >= 4 is 11.4 Å². The molecular formula is C17H17NO4. The number of ether oxygens (including phenoxy) is 2. The Kier molecular flexibility index (Phi) is 2.30. The van der Waals surface area contributed by atoms with Crippen molar-refractivity contribution in [3.63, 3.8) is 0 Å². The predicted molar refractivity (Wildman–Crippen MR) is 79.0 cm³/mol. The molecule has 1 spiro atoms. The van der Waals surface area contributed by atoms with E-state index in [4.69, 9.17) is 9.47 Å². The van der Waals surface area contributed by atoms with Crippen LogP contribution in [-0.2, 0) is 11.2 Å². The summed E-state index contributed by atoms with van der Waals surface area (Å²) in [5.41, 5.74) is 2.62. The van der Waals surface area contributed by atoms with Crippen molar-refractivity contribution in [3.05, 3.63) is 29.0 Å². The lowest BCUT2D eigenvalue weighted by molar-refractivity contribution is -0.118. The largest absolute Gasteiger partial charge is 0.504 e. The number of nitrogens with zero attached hydrogens (tertiary/aromatic N) is 1. The highest BCUT2D eigenvalue weighted by atomic mass is 16.7. The van der Waals surface area contributed by atoms with Gasteiger partial charge in [-0.2, -0.15) is 0 Å². The van der Waals surface area contributed by atoms with Gasteiger partial charge in [0.05, 0.1) is 5.54 Å². The molecule has 1 aromatic rings. The summed E-state index contributed by atoms with van der Waals surface area (Å²) in [6.45, 7) is 2.14. The Labute approximate surface area is 128 Å². The first kappa shape index (κ1) is 12.5. The number of hydrogen-bond acceptors (Lipinski definition) is 5. The number of hydrogen-bond donors (Lipinski definition) is 1. The molecule has 1 aromatic carbocycles. The molecule has 22 heavy (non-hydrogen) atoms. The van der Waals surface area contributed by atoms with Crippen LogP contribution in [0.15, 0.2) is 17.9 Å². The third-order valence-electron chi connectivity index (χ3n) is 5.56. The fraction of sp³-hybridized carbons (Fsp3) is 0.471. The van der Waals surface area contributed by atoms with E-state index in [9.17, 15) is 9.90 Å². The Balaban J connectivity index is 1.79. The van der Waals surface area contributed by atoms with Gasteiger partial charge < -0.3 is 14.6 Å². The van der Waals surface area contributed by atoms with Crippen LogP contribution >= 0.6 is 0 Å². The normalized spacial score (nSPS) is 29.4. The molecule has 3 heterocycles. The molecular weight excluding hydrogens is 282 g/mol. The first-order chi connectivity index (χ1) is 10.7. The molecule has 0 aromatic heterocycles. The predicted octanol–water partition coefficient (Wildman–Crippen LogP) is 2.05. The summed E-state index contributed by atoms with van der Waals surface area (Å²) in [5, 5.41) is 10.5. The van der Waals surface area contributed by atoms with Crippen LogP contribution in [-0.4, -0.2) is 41.2 Å². The molecule has 4 aliphatic rings. The lowest BCUT2D eigenvalue weighted by atomic mass is 9.83. The fourth-order valence-electron chi connectivity index (χ4n) is 4.60. The molecule has 0 radical (unpaired) electrons. The lowest BCUT2D eigenvalue weighted by Crippen LogP contribution is -2.43. The van der Waals surface area contributed by atoms with Crippen molar-refractivity contribution in [1.82, 2.24) is 4.90 Å². The van der Waals surface area contributed by atoms with Crippen LogP contribution in [0.5, 0.6) is 11.5 Å². The summed E-state index contributed by atoms with van der Waals surface area (Å²) in [4.78, 5) is 14.6. The maximum Gasteiger partial charge on any atom is 0.231 e. The van der Waals surface area contributed by atoms with Gasteiger partial charge in [0, 0.05) is 18.5 Å². The Morgan fingerprint density at radius 3 is 2.86 bits per heavy atom. The number of ketones is 1. The second-order valence-corrected chi connectivity index (χ2v) is 6.56. The number of aliphatic hydroxyl groups excluding tert-OH is 1. The van der Waals surface area contributed by atoms with E-state index in [1.165, 1.54) is 0 Å². The minimum absolute atomic E-state index is 0.0473. The van der Waals surface area contributed by atoms with Gasteiger partial charge >= 0.3 is 0 Å². The molecule has 0 amide bonds. The third-order valence-corrected chi connectivity index (χ3v) is 5.56. The third kappa shape index (κ3) is 1.40. The van der Waals surface area contributed by atoms with E-state index in [0.717, 1.165) is 54.8 Å². The first-order valence-corrected chi connectivity index (χ1v) is 7.84. The summed E-state index contributed by atoms with van der Waals surface area (Å²) < 4.78 is 11.0. The van der Waals surface area contributed by atoms with E-state index in [0.29, 0.717) is 12.2 Å². The highest BCUT2D eigenvalue weighted by molar-refractivity contribution is 6.09. The van der Waals surface area contributed by atoms with E-state index in [1.807, 2.05) is 12.1 Å². The Hall–Kier alpha value is -2.01. The van der Waals surface area contributed by atoms with Crippen molar-refractivity contribution in [2.75, 3.05) is 19.9 Å². The minimum Gasteiger partial charge on any atom is -0.504 e. The van der Waals surface area contributed by atoms with Gasteiger partial charge in [-0.1, -0.05) is 0 Å². The molecule has 5 nitrogen and oxygen atoms in total. The molecule has 1 saturated heterocycles. The highest BCUT2D eigenvalue weighted by Gasteiger charge is 2.53. The zero-order valence-corrected chi connectivity index (χ0v) is 12.2. The van der Waals surface area contributed by atoms with Crippen LogP contribution in [0.3, 0.4) is 0 Å². The Morgan fingerprint density at radius 1 is 1.18 bits per heavy atom. The van der Waals surface area contributed by atoms with Gasteiger partial charge in [-0.05, 0) is 49.1 Å². The van der Waals surface area contributed by atoms with Gasteiger partial charge in [-0.25, -0.2) is 0 Å². The van der Waals surface area contributed by atoms with Gasteiger partial charge in [0.15, 0.2) is 23.0 Å². The molecule has 0 unspecified atom stereocenters. The standard InChI is InChI=1S/C17H17NO4/c19-12-8-17-3-1-4-18(17)5-2-10-6-13-14(22-9-21-13)7-11(10)15(17)16(12)20/h6-7,20H,1-5,8-9H2/t17-/m0/s1. The second-order valence-electron chi connectivity index (χ2n) is 6.56. The molecule has 1 N–H and O–H groups in total. The zero-order chi connectivity index (χ0) is 14.9. The quantitative estimate of drug-likeness (QED) is 0.794. The fourth-order valence-corrected chi connectivity index (χ4v) is 4.60. The van der Waals surface area contributed by atoms with E-state index < -0.39 is 0 Å². The number of Topliss-reactive ketones (excluding diaryl/α,β-unsaturated/α-hetero) is 1. The summed E-state index contributed by atoms with van der Waals surface area (Å²) in [6, 6.07) is 3.96. The molecule has 5 heteroatoms. The van der Waals surface area contributed by atoms with Gasteiger partial charge in [0.25, 0.3) is 0 Å². The van der Waals surface area contributed by atoms with Crippen molar-refractivity contribution < 1.29 is 19.4 Å². The minimum atomic E-state index is -0.305. The summed E-state index contributed by atoms with van der Waals surface area (Å²) in [7, 11) is 0. The highest BCUT2D eigenvalue weighted by Crippen LogP contribution is 2.53.